The fourth-order valence-corrected chi connectivity index (χ4v) is 4.34. The van der Waals surface area contributed by atoms with E-state index in [2.05, 4.69) is 10.6 Å². The summed E-state index contributed by atoms with van der Waals surface area (Å²) in [4.78, 5) is 51.1. The molecule has 0 radical (unpaired) electrons. The Morgan fingerprint density at radius 3 is 2.33 bits per heavy atom. The van der Waals surface area contributed by atoms with Crippen molar-refractivity contribution in [3.63, 3.8) is 0 Å². The van der Waals surface area contributed by atoms with E-state index in [1.165, 1.54) is 4.90 Å². The molecular formula is C26H21N3O4. The van der Waals surface area contributed by atoms with Crippen LogP contribution in [0.1, 0.15) is 39.1 Å². The molecule has 5 rings (SSSR count). The molecule has 1 saturated heterocycles. The molecule has 0 spiro atoms. The number of piperidine rings is 1. The molecule has 2 heterocycles. The van der Waals surface area contributed by atoms with E-state index in [4.69, 9.17) is 0 Å². The monoisotopic (exact) mass is 439 g/mol. The van der Waals surface area contributed by atoms with Gasteiger partial charge in [-0.1, -0.05) is 48.5 Å². The van der Waals surface area contributed by atoms with Gasteiger partial charge in [0, 0.05) is 35.3 Å². The Kier molecular flexibility index (Phi) is 5.22. The number of hydrogen-bond donors (Lipinski definition) is 2. The fraction of sp³-hybridized carbons (Fsp3) is 0.154. The van der Waals surface area contributed by atoms with Crippen LogP contribution in [0.2, 0.25) is 0 Å². The van der Waals surface area contributed by atoms with Crippen LogP contribution < -0.4 is 10.6 Å². The number of rotatable bonds is 4. The summed E-state index contributed by atoms with van der Waals surface area (Å²) in [7, 11) is 0. The topological polar surface area (TPSA) is 95.6 Å². The van der Waals surface area contributed by atoms with E-state index in [0.717, 1.165) is 11.1 Å². The van der Waals surface area contributed by atoms with Crippen molar-refractivity contribution in [1.29, 1.82) is 0 Å². The van der Waals surface area contributed by atoms with E-state index in [-0.39, 0.29) is 30.7 Å². The zero-order valence-corrected chi connectivity index (χ0v) is 17.7. The van der Waals surface area contributed by atoms with E-state index in [1.807, 2.05) is 42.5 Å². The number of fused-ring (bicyclic) bond motifs is 1. The van der Waals surface area contributed by atoms with Crippen LogP contribution in [0.15, 0.2) is 72.8 Å². The highest BCUT2D eigenvalue weighted by molar-refractivity contribution is 6.09. The Bertz CT molecular complexity index is 1270. The lowest BCUT2D eigenvalue weighted by atomic mass is 10.0. The van der Waals surface area contributed by atoms with Crippen LogP contribution in [0.5, 0.6) is 0 Å². The first-order chi connectivity index (χ1) is 16.0. The minimum absolute atomic E-state index is 0.194. The first-order valence-electron chi connectivity index (χ1n) is 10.7. The van der Waals surface area contributed by atoms with Crippen molar-refractivity contribution in [3.8, 4) is 11.1 Å². The normalized spacial score (nSPS) is 17.5. The van der Waals surface area contributed by atoms with E-state index in [9.17, 15) is 19.2 Å². The number of anilines is 1. The van der Waals surface area contributed by atoms with Crippen LogP contribution in [0.4, 0.5) is 5.69 Å². The summed E-state index contributed by atoms with van der Waals surface area (Å²) in [6.07, 6.45) is 0.485. The maximum Gasteiger partial charge on any atom is 0.255 e. The number of imide groups is 1. The van der Waals surface area contributed by atoms with Gasteiger partial charge in [-0.05, 0) is 41.8 Å². The molecule has 164 valence electrons. The van der Waals surface area contributed by atoms with Crippen molar-refractivity contribution < 1.29 is 19.2 Å². The van der Waals surface area contributed by atoms with E-state index >= 15 is 0 Å². The van der Waals surface area contributed by atoms with Crippen LogP contribution >= 0.6 is 0 Å². The second kappa shape index (κ2) is 8.35. The second-order valence-corrected chi connectivity index (χ2v) is 8.13. The summed E-state index contributed by atoms with van der Waals surface area (Å²) in [6.45, 7) is 0.198. The van der Waals surface area contributed by atoms with Crippen molar-refractivity contribution in [2.24, 2.45) is 0 Å². The second-order valence-electron chi connectivity index (χ2n) is 8.13. The summed E-state index contributed by atoms with van der Waals surface area (Å²) in [5.74, 6) is -1.35. The molecule has 7 heteroatoms. The summed E-state index contributed by atoms with van der Waals surface area (Å²) < 4.78 is 0. The summed E-state index contributed by atoms with van der Waals surface area (Å²) in [5.41, 5.74) is 4.24. The molecule has 0 aromatic heterocycles. The lowest BCUT2D eigenvalue weighted by Crippen LogP contribution is -2.52. The summed E-state index contributed by atoms with van der Waals surface area (Å²) in [6, 6.07) is 21.7. The third-order valence-electron chi connectivity index (χ3n) is 6.08. The zero-order valence-electron chi connectivity index (χ0n) is 17.7. The van der Waals surface area contributed by atoms with Crippen LogP contribution in [-0.2, 0) is 16.1 Å². The molecule has 2 aliphatic heterocycles. The Morgan fingerprint density at radius 2 is 1.61 bits per heavy atom. The third kappa shape index (κ3) is 3.89. The van der Waals surface area contributed by atoms with Crippen LogP contribution in [0.25, 0.3) is 11.1 Å². The smallest absolute Gasteiger partial charge is 0.255 e. The van der Waals surface area contributed by atoms with Gasteiger partial charge in [0.05, 0.1) is 0 Å². The molecule has 1 atom stereocenters. The first kappa shape index (κ1) is 20.6. The van der Waals surface area contributed by atoms with Crippen molar-refractivity contribution in [2.75, 3.05) is 5.32 Å². The Hall–Kier alpha value is -4.26. The molecule has 3 aromatic rings. The van der Waals surface area contributed by atoms with E-state index in [1.54, 1.807) is 30.3 Å². The standard InChI is InChI=1S/C26H21N3O4/c30-23-14-13-22(25(32)28-23)29-15-20-19(26(29)33)7-4-8-21(20)27-24(31)18-11-9-17(10-12-18)16-5-2-1-3-6-16/h1-12,22H,13-15H2,(H,27,31)(H,28,30,32). The predicted molar refractivity (Wildman–Crippen MR) is 122 cm³/mol. The van der Waals surface area contributed by atoms with Gasteiger partial charge < -0.3 is 10.2 Å². The molecule has 4 amide bonds. The molecule has 1 unspecified atom stereocenters. The third-order valence-corrected chi connectivity index (χ3v) is 6.08. The van der Waals surface area contributed by atoms with Gasteiger partial charge in [0.1, 0.15) is 6.04 Å². The van der Waals surface area contributed by atoms with Crippen molar-refractivity contribution in [2.45, 2.75) is 25.4 Å². The average molecular weight is 439 g/mol. The largest absolute Gasteiger partial charge is 0.322 e. The van der Waals surface area contributed by atoms with Crippen LogP contribution in [0, 0.1) is 0 Å². The predicted octanol–water partition coefficient (Wildman–Crippen LogP) is 3.37. The number of benzene rings is 3. The lowest BCUT2D eigenvalue weighted by molar-refractivity contribution is -0.136. The maximum atomic E-state index is 13.0. The molecule has 0 saturated carbocycles. The van der Waals surface area contributed by atoms with Crippen molar-refractivity contribution >= 4 is 29.3 Å². The van der Waals surface area contributed by atoms with Gasteiger partial charge >= 0.3 is 0 Å². The van der Waals surface area contributed by atoms with Gasteiger partial charge in [0.2, 0.25) is 11.8 Å². The zero-order chi connectivity index (χ0) is 22.9. The first-order valence-corrected chi connectivity index (χ1v) is 10.7. The number of amides is 4. The highest BCUT2D eigenvalue weighted by Gasteiger charge is 2.39. The molecule has 1 fully saturated rings. The molecule has 0 bridgehead atoms. The van der Waals surface area contributed by atoms with Gasteiger partial charge in [-0.15, -0.1) is 0 Å². The number of nitrogens with one attached hydrogen (secondary N) is 2. The number of carbonyl (C=O) groups is 4. The van der Waals surface area contributed by atoms with Gasteiger partial charge in [-0.2, -0.15) is 0 Å². The Labute approximate surface area is 190 Å². The van der Waals surface area contributed by atoms with Gasteiger partial charge in [0.25, 0.3) is 11.8 Å². The molecule has 2 N–H and O–H groups in total. The van der Waals surface area contributed by atoms with E-state index in [0.29, 0.717) is 28.8 Å². The van der Waals surface area contributed by atoms with Gasteiger partial charge in [-0.25, -0.2) is 0 Å². The van der Waals surface area contributed by atoms with Gasteiger partial charge in [0.15, 0.2) is 0 Å². The molecule has 2 aliphatic rings. The van der Waals surface area contributed by atoms with Crippen molar-refractivity contribution in [3.05, 3.63) is 89.5 Å². The fourth-order valence-electron chi connectivity index (χ4n) is 4.34. The Balaban J connectivity index is 1.34. The highest BCUT2D eigenvalue weighted by Crippen LogP contribution is 2.32. The minimum atomic E-state index is -0.698. The maximum absolute atomic E-state index is 13.0. The molecule has 7 nitrogen and oxygen atoms in total. The summed E-state index contributed by atoms with van der Waals surface area (Å²) in [5, 5.41) is 5.20. The minimum Gasteiger partial charge on any atom is -0.322 e. The molecule has 0 aliphatic carbocycles. The lowest BCUT2D eigenvalue weighted by Gasteiger charge is -2.29. The highest BCUT2D eigenvalue weighted by atomic mass is 16.2. The SMILES string of the molecule is O=C1CCC(N2Cc3c(NC(=O)c4ccc(-c5ccccc5)cc4)cccc3C2=O)C(=O)N1. The quantitative estimate of drug-likeness (QED) is 0.610. The van der Waals surface area contributed by atoms with E-state index < -0.39 is 11.9 Å². The van der Waals surface area contributed by atoms with Crippen LogP contribution in [0.3, 0.4) is 0 Å². The summed E-state index contributed by atoms with van der Waals surface area (Å²) >= 11 is 0. The Morgan fingerprint density at radius 1 is 0.879 bits per heavy atom. The molecular weight excluding hydrogens is 418 g/mol. The number of hydrogen-bond acceptors (Lipinski definition) is 4. The van der Waals surface area contributed by atoms with Crippen LogP contribution in [-0.4, -0.2) is 34.6 Å². The van der Waals surface area contributed by atoms with Gasteiger partial charge in [-0.3, -0.25) is 24.5 Å². The number of carbonyl (C=O) groups excluding carboxylic acids is 4. The number of nitrogens with zero attached hydrogens (tertiary/aromatic N) is 1. The molecule has 3 aromatic carbocycles. The average Bonchev–Trinajstić information content (AvgIpc) is 3.17. The van der Waals surface area contributed by atoms with Crippen molar-refractivity contribution in [1.82, 2.24) is 10.2 Å². The molecule has 33 heavy (non-hydrogen) atoms.